The van der Waals surface area contributed by atoms with Gasteiger partial charge >= 0.3 is 0 Å². The van der Waals surface area contributed by atoms with E-state index in [9.17, 15) is 0 Å². The monoisotopic (exact) mass is 267 g/mol. The Morgan fingerprint density at radius 2 is 2.30 bits per heavy atom. The van der Waals surface area contributed by atoms with Crippen LogP contribution in [0.4, 0.5) is 0 Å². The van der Waals surface area contributed by atoms with Crippen LogP contribution in [0.25, 0.3) is 16.6 Å². The van der Waals surface area contributed by atoms with Crippen LogP contribution >= 0.6 is 0 Å². The van der Waals surface area contributed by atoms with Crippen molar-refractivity contribution in [2.75, 3.05) is 19.6 Å². The number of fused-ring (bicyclic) bond motifs is 1. The molecule has 0 saturated heterocycles. The average Bonchev–Trinajstić information content (AvgIpc) is 3.14. The molecular formula is C17H21N3. The van der Waals surface area contributed by atoms with E-state index in [0.717, 1.165) is 18.1 Å². The number of pyridine rings is 1. The summed E-state index contributed by atoms with van der Waals surface area (Å²) in [6, 6.07) is 4.19. The Hall–Kier alpha value is -1.61. The Labute approximate surface area is 119 Å². The van der Waals surface area contributed by atoms with E-state index < -0.39 is 0 Å². The largest absolute Gasteiger partial charge is 0.346 e. The van der Waals surface area contributed by atoms with E-state index in [2.05, 4.69) is 40.1 Å². The molecule has 1 N–H and O–H groups in total. The van der Waals surface area contributed by atoms with Gasteiger partial charge in [0.05, 0.1) is 0 Å². The van der Waals surface area contributed by atoms with E-state index in [1.807, 2.05) is 12.3 Å². The average molecular weight is 267 g/mol. The van der Waals surface area contributed by atoms with Gasteiger partial charge in [-0.25, -0.2) is 4.98 Å². The number of nitrogens with zero attached hydrogens (tertiary/aromatic N) is 2. The maximum atomic E-state index is 4.40. The van der Waals surface area contributed by atoms with Crippen LogP contribution in [0.3, 0.4) is 0 Å². The van der Waals surface area contributed by atoms with Gasteiger partial charge in [0.25, 0.3) is 0 Å². The molecule has 1 aliphatic carbocycles. The van der Waals surface area contributed by atoms with Crippen molar-refractivity contribution in [3.8, 4) is 0 Å². The molecule has 1 unspecified atom stereocenters. The zero-order chi connectivity index (χ0) is 13.5. The zero-order valence-electron chi connectivity index (χ0n) is 12.0. The van der Waals surface area contributed by atoms with E-state index in [1.54, 1.807) is 0 Å². The van der Waals surface area contributed by atoms with Gasteiger partial charge in [0.15, 0.2) is 0 Å². The lowest BCUT2D eigenvalue weighted by molar-refractivity contribution is 0.262. The SMILES string of the molecule is CC1C=C(c2c[nH]c3ncccc23)CN(CC2CC2)C1. The number of aromatic amines is 1. The molecule has 2 aromatic heterocycles. The topological polar surface area (TPSA) is 31.9 Å². The molecule has 1 saturated carbocycles. The summed E-state index contributed by atoms with van der Waals surface area (Å²) in [5.74, 6) is 1.60. The number of H-pyrrole nitrogens is 1. The molecule has 3 heterocycles. The van der Waals surface area contributed by atoms with Crippen LogP contribution in [0.15, 0.2) is 30.6 Å². The first-order valence-corrected chi connectivity index (χ1v) is 7.65. The van der Waals surface area contributed by atoms with E-state index in [1.165, 1.54) is 42.5 Å². The van der Waals surface area contributed by atoms with Crippen LogP contribution < -0.4 is 0 Å². The highest BCUT2D eigenvalue weighted by molar-refractivity contribution is 5.91. The summed E-state index contributed by atoms with van der Waals surface area (Å²) in [5, 5.41) is 1.25. The van der Waals surface area contributed by atoms with Gasteiger partial charge in [-0.1, -0.05) is 13.0 Å². The number of hydrogen-bond donors (Lipinski definition) is 1. The molecule has 3 heteroatoms. The van der Waals surface area contributed by atoms with Crippen LogP contribution in [0, 0.1) is 11.8 Å². The second-order valence-corrected chi connectivity index (χ2v) is 6.41. The minimum atomic E-state index is 0.638. The molecular weight excluding hydrogens is 246 g/mol. The molecule has 0 radical (unpaired) electrons. The molecule has 0 spiro atoms. The van der Waals surface area contributed by atoms with Gasteiger partial charge in [0.2, 0.25) is 0 Å². The Bertz CT molecular complexity index is 651. The second-order valence-electron chi connectivity index (χ2n) is 6.41. The van der Waals surface area contributed by atoms with Crippen molar-refractivity contribution in [3.63, 3.8) is 0 Å². The van der Waals surface area contributed by atoms with E-state index in [4.69, 9.17) is 0 Å². The zero-order valence-corrected chi connectivity index (χ0v) is 12.0. The van der Waals surface area contributed by atoms with Crippen LogP contribution in [-0.4, -0.2) is 34.5 Å². The van der Waals surface area contributed by atoms with Crippen molar-refractivity contribution in [1.82, 2.24) is 14.9 Å². The van der Waals surface area contributed by atoms with Crippen molar-refractivity contribution in [1.29, 1.82) is 0 Å². The number of aromatic nitrogens is 2. The Morgan fingerprint density at radius 3 is 3.15 bits per heavy atom. The predicted octanol–water partition coefficient (Wildman–Crippen LogP) is 3.31. The molecule has 1 aliphatic heterocycles. The van der Waals surface area contributed by atoms with Gasteiger partial charge < -0.3 is 4.98 Å². The highest BCUT2D eigenvalue weighted by Gasteiger charge is 2.27. The van der Waals surface area contributed by atoms with Crippen molar-refractivity contribution in [2.45, 2.75) is 19.8 Å². The Kier molecular flexibility index (Phi) is 2.88. The summed E-state index contributed by atoms with van der Waals surface area (Å²) < 4.78 is 0. The summed E-state index contributed by atoms with van der Waals surface area (Å²) in [7, 11) is 0. The fourth-order valence-electron chi connectivity index (χ4n) is 3.36. The molecule has 0 aromatic carbocycles. The molecule has 2 aromatic rings. The normalized spacial score (nSPS) is 24.1. The maximum absolute atomic E-state index is 4.40. The summed E-state index contributed by atoms with van der Waals surface area (Å²) in [4.78, 5) is 10.3. The minimum Gasteiger partial charge on any atom is -0.346 e. The van der Waals surface area contributed by atoms with Gasteiger partial charge in [0, 0.05) is 43.0 Å². The van der Waals surface area contributed by atoms with Gasteiger partial charge in [-0.3, -0.25) is 4.90 Å². The van der Waals surface area contributed by atoms with Crippen molar-refractivity contribution in [2.24, 2.45) is 11.8 Å². The molecule has 0 bridgehead atoms. The molecule has 3 nitrogen and oxygen atoms in total. The lowest BCUT2D eigenvalue weighted by Crippen LogP contribution is -2.35. The van der Waals surface area contributed by atoms with Gasteiger partial charge in [-0.05, 0) is 42.4 Å². The molecule has 20 heavy (non-hydrogen) atoms. The predicted molar refractivity (Wildman–Crippen MR) is 82.4 cm³/mol. The van der Waals surface area contributed by atoms with E-state index in [-0.39, 0.29) is 0 Å². The van der Waals surface area contributed by atoms with Crippen molar-refractivity contribution >= 4 is 16.6 Å². The van der Waals surface area contributed by atoms with Gasteiger partial charge in [0.1, 0.15) is 5.65 Å². The molecule has 2 aliphatic rings. The molecule has 104 valence electrons. The first-order chi connectivity index (χ1) is 9.79. The molecule has 1 atom stereocenters. The molecule has 1 fully saturated rings. The third-order valence-corrected chi connectivity index (χ3v) is 4.44. The fourth-order valence-corrected chi connectivity index (χ4v) is 3.36. The first-order valence-electron chi connectivity index (χ1n) is 7.65. The van der Waals surface area contributed by atoms with Crippen LogP contribution in [0.1, 0.15) is 25.3 Å². The van der Waals surface area contributed by atoms with Gasteiger partial charge in [-0.2, -0.15) is 0 Å². The van der Waals surface area contributed by atoms with Gasteiger partial charge in [-0.15, -0.1) is 0 Å². The maximum Gasteiger partial charge on any atom is 0.137 e. The third-order valence-electron chi connectivity index (χ3n) is 4.44. The smallest absolute Gasteiger partial charge is 0.137 e. The third kappa shape index (κ3) is 2.27. The Morgan fingerprint density at radius 1 is 1.40 bits per heavy atom. The summed E-state index contributed by atoms with van der Waals surface area (Å²) in [6.45, 7) is 5.90. The standard InChI is InChI=1S/C17H21N3/c1-12-7-14(11-20(9-12)10-13-4-5-13)16-8-19-17-15(16)3-2-6-18-17/h2-3,6-8,12-13H,4-5,9-11H2,1H3,(H,18,19). The lowest BCUT2D eigenvalue weighted by Gasteiger charge is -2.30. The van der Waals surface area contributed by atoms with Crippen molar-refractivity contribution in [3.05, 3.63) is 36.2 Å². The van der Waals surface area contributed by atoms with Crippen molar-refractivity contribution < 1.29 is 0 Å². The Balaban J connectivity index is 1.65. The van der Waals surface area contributed by atoms with E-state index in [0.29, 0.717) is 5.92 Å². The number of hydrogen-bond acceptors (Lipinski definition) is 2. The second kappa shape index (κ2) is 4.74. The molecule has 0 amide bonds. The first kappa shape index (κ1) is 12.2. The summed E-state index contributed by atoms with van der Waals surface area (Å²) in [6.07, 6.45) is 9.28. The number of nitrogens with one attached hydrogen (secondary N) is 1. The van der Waals surface area contributed by atoms with Crippen LogP contribution in [0.5, 0.6) is 0 Å². The summed E-state index contributed by atoms with van der Waals surface area (Å²) in [5.41, 5.74) is 3.79. The highest BCUT2D eigenvalue weighted by atomic mass is 15.1. The minimum absolute atomic E-state index is 0.638. The van der Waals surface area contributed by atoms with Crippen LogP contribution in [-0.2, 0) is 0 Å². The van der Waals surface area contributed by atoms with Crippen LogP contribution in [0.2, 0.25) is 0 Å². The van der Waals surface area contributed by atoms with E-state index >= 15 is 0 Å². The summed E-state index contributed by atoms with van der Waals surface area (Å²) >= 11 is 0. The quantitative estimate of drug-likeness (QED) is 0.925. The fraction of sp³-hybridized carbons (Fsp3) is 0.471. The lowest BCUT2D eigenvalue weighted by atomic mass is 9.96. The highest BCUT2D eigenvalue weighted by Crippen LogP contribution is 2.33. The number of rotatable bonds is 3. The molecule has 4 rings (SSSR count).